The zero-order valence-corrected chi connectivity index (χ0v) is 18.2. The molecule has 8 heteroatoms. The van der Waals surface area contributed by atoms with E-state index in [1.165, 1.54) is 4.90 Å². The Morgan fingerprint density at radius 2 is 1.59 bits per heavy atom. The number of hydrogen-bond acceptors (Lipinski definition) is 7. The number of hydrogen-bond donors (Lipinski definition) is 1. The molecule has 0 radical (unpaired) electrons. The van der Waals surface area contributed by atoms with E-state index in [2.05, 4.69) is 0 Å². The maximum Gasteiger partial charge on any atom is 0.264 e. The van der Waals surface area contributed by atoms with Crippen LogP contribution in [-0.2, 0) is 16.9 Å². The second-order valence-electron chi connectivity index (χ2n) is 8.41. The number of ether oxygens (including phenoxy) is 4. The van der Waals surface area contributed by atoms with Crippen molar-refractivity contribution in [1.29, 1.82) is 0 Å². The maximum atomic E-state index is 13.5. The third kappa shape index (κ3) is 3.26. The fraction of sp³-hybridized carbons (Fsp3) is 0.231. The van der Waals surface area contributed by atoms with Crippen LogP contribution in [0.5, 0.6) is 23.0 Å². The van der Waals surface area contributed by atoms with E-state index < -0.39 is 11.5 Å². The Kier molecular flexibility index (Phi) is 4.70. The Morgan fingerprint density at radius 3 is 2.47 bits per heavy atom. The van der Waals surface area contributed by atoms with Gasteiger partial charge in [0.15, 0.2) is 34.4 Å². The highest BCUT2D eigenvalue weighted by Gasteiger charge is 2.50. The Labute approximate surface area is 195 Å². The fourth-order valence-corrected chi connectivity index (χ4v) is 4.61. The molecule has 1 amide bonds. The Bertz CT molecular complexity index is 1320. The highest BCUT2D eigenvalue weighted by atomic mass is 16.7. The van der Waals surface area contributed by atoms with Crippen molar-refractivity contribution >= 4 is 17.4 Å². The number of anilines is 1. The van der Waals surface area contributed by atoms with Crippen LogP contribution in [0.1, 0.15) is 27.9 Å². The van der Waals surface area contributed by atoms with Gasteiger partial charge in [0.1, 0.15) is 13.2 Å². The number of carbonyl (C=O) groups is 2. The van der Waals surface area contributed by atoms with Gasteiger partial charge in [0, 0.05) is 11.1 Å². The second-order valence-corrected chi connectivity index (χ2v) is 8.41. The Balaban J connectivity index is 1.29. The summed E-state index contributed by atoms with van der Waals surface area (Å²) in [5.41, 5.74) is 0.165. The molecule has 0 saturated heterocycles. The van der Waals surface area contributed by atoms with Gasteiger partial charge in [-0.15, -0.1) is 0 Å². The molecule has 1 N–H and O–H groups in total. The van der Waals surface area contributed by atoms with Crippen LogP contribution in [0.15, 0.2) is 60.7 Å². The number of fused-ring (bicyclic) bond motifs is 3. The number of para-hydroxylation sites is 1. The molecule has 172 valence electrons. The summed E-state index contributed by atoms with van der Waals surface area (Å²) in [7, 11) is 0. The lowest BCUT2D eigenvalue weighted by Gasteiger charge is -2.23. The van der Waals surface area contributed by atoms with Crippen LogP contribution in [0, 0.1) is 0 Å². The number of ketones is 1. The third-order valence-electron chi connectivity index (χ3n) is 6.30. The maximum absolute atomic E-state index is 13.5. The van der Waals surface area contributed by atoms with Crippen LogP contribution in [-0.4, -0.2) is 36.8 Å². The van der Waals surface area contributed by atoms with E-state index in [9.17, 15) is 14.7 Å². The normalized spacial score (nSPS) is 19.8. The van der Waals surface area contributed by atoms with Gasteiger partial charge in [-0.05, 0) is 42.0 Å². The molecule has 3 aromatic carbocycles. The minimum Gasteiger partial charge on any atom is -0.486 e. The molecule has 0 bridgehead atoms. The predicted molar refractivity (Wildman–Crippen MR) is 120 cm³/mol. The van der Waals surface area contributed by atoms with E-state index in [0.29, 0.717) is 53.0 Å². The summed E-state index contributed by atoms with van der Waals surface area (Å²) in [5, 5.41) is 11.6. The lowest BCUT2D eigenvalue weighted by atomic mass is 9.88. The smallest absolute Gasteiger partial charge is 0.264 e. The highest BCUT2D eigenvalue weighted by molar-refractivity contribution is 6.10. The minimum absolute atomic E-state index is 0.159. The summed E-state index contributed by atoms with van der Waals surface area (Å²) in [5.74, 6) is 1.40. The lowest BCUT2D eigenvalue weighted by Crippen LogP contribution is -2.41. The zero-order chi connectivity index (χ0) is 23.3. The van der Waals surface area contributed by atoms with E-state index in [0.717, 1.165) is 5.56 Å². The number of amides is 1. The average molecular weight is 459 g/mol. The van der Waals surface area contributed by atoms with Gasteiger partial charge in [-0.3, -0.25) is 9.59 Å². The summed E-state index contributed by atoms with van der Waals surface area (Å²) in [6.45, 7) is 1.22. The van der Waals surface area contributed by atoms with Gasteiger partial charge >= 0.3 is 0 Å². The SMILES string of the molecule is O=C(C[C@]1(O)C(=O)N(Cc2ccc3c(c2)OCO3)c2ccccc21)c1ccc2c(c1)OCCO2. The molecule has 1 atom stereocenters. The molecule has 8 nitrogen and oxygen atoms in total. The van der Waals surface area contributed by atoms with Crippen molar-refractivity contribution in [3.8, 4) is 23.0 Å². The molecule has 3 heterocycles. The van der Waals surface area contributed by atoms with Crippen molar-refractivity contribution < 1.29 is 33.6 Å². The molecule has 0 aromatic heterocycles. The monoisotopic (exact) mass is 459 g/mol. The molecule has 0 unspecified atom stereocenters. The van der Waals surface area contributed by atoms with Crippen molar-refractivity contribution in [2.75, 3.05) is 24.9 Å². The summed E-state index contributed by atoms with van der Waals surface area (Å²) in [4.78, 5) is 28.2. The summed E-state index contributed by atoms with van der Waals surface area (Å²) >= 11 is 0. The van der Waals surface area contributed by atoms with E-state index in [4.69, 9.17) is 18.9 Å². The standard InChI is InChI=1S/C26H21NO7/c28-20(17-6-8-21-24(12-17)32-10-9-31-21)13-26(30)18-3-1-2-4-19(18)27(25(26)29)14-16-5-7-22-23(11-16)34-15-33-22/h1-8,11-12,30H,9-10,13-15H2/t26-/m1/s1. The predicted octanol–water partition coefficient (Wildman–Crippen LogP) is 3.19. The number of Topliss-reactive ketones (excluding diaryl/α,β-unsaturated/α-hetero) is 1. The third-order valence-corrected chi connectivity index (χ3v) is 6.30. The van der Waals surface area contributed by atoms with Gasteiger partial charge in [0.25, 0.3) is 5.91 Å². The van der Waals surface area contributed by atoms with Crippen LogP contribution < -0.4 is 23.8 Å². The molecule has 6 rings (SSSR count). The van der Waals surface area contributed by atoms with Crippen molar-refractivity contribution in [2.45, 2.75) is 18.6 Å². The summed E-state index contributed by atoms with van der Waals surface area (Å²) in [6.07, 6.45) is -0.389. The second kappa shape index (κ2) is 7.78. The van der Waals surface area contributed by atoms with Gasteiger partial charge in [-0.2, -0.15) is 0 Å². The first-order chi connectivity index (χ1) is 16.5. The van der Waals surface area contributed by atoms with Crippen LogP contribution in [0.2, 0.25) is 0 Å². The van der Waals surface area contributed by atoms with Crippen molar-refractivity contribution in [3.63, 3.8) is 0 Å². The van der Waals surface area contributed by atoms with Gasteiger partial charge in [0.2, 0.25) is 6.79 Å². The average Bonchev–Trinajstić information content (AvgIpc) is 3.41. The van der Waals surface area contributed by atoms with Crippen molar-refractivity contribution in [1.82, 2.24) is 0 Å². The number of nitrogens with zero attached hydrogens (tertiary/aromatic N) is 1. The largest absolute Gasteiger partial charge is 0.486 e. The van der Waals surface area contributed by atoms with Crippen molar-refractivity contribution in [3.05, 3.63) is 77.4 Å². The summed E-state index contributed by atoms with van der Waals surface area (Å²) < 4.78 is 21.9. The van der Waals surface area contributed by atoms with Gasteiger partial charge < -0.3 is 29.0 Å². The molecule has 0 fully saturated rings. The fourth-order valence-electron chi connectivity index (χ4n) is 4.61. The molecule has 0 aliphatic carbocycles. The lowest BCUT2D eigenvalue weighted by molar-refractivity contribution is -0.136. The van der Waals surface area contributed by atoms with Gasteiger partial charge in [0.05, 0.1) is 18.7 Å². The van der Waals surface area contributed by atoms with Gasteiger partial charge in [-0.1, -0.05) is 24.3 Å². The number of carbonyl (C=O) groups excluding carboxylic acids is 2. The minimum atomic E-state index is -1.97. The number of benzene rings is 3. The highest BCUT2D eigenvalue weighted by Crippen LogP contribution is 2.44. The number of aliphatic hydroxyl groups is 1. The van der Waals surface area contributed by atoms with Crippen LogP contribution in [0.4, 0.5) is 5.69 Å². The zero-order valence-electron chi connectivity index (χ0n) is 18.2. The quantitative estimate of drug-likeness (QED) is 0.586. The molecular weight excluding hydrogens is 438 g/mol. The number of rotatable bonds is 5. The van der Waals surface area contributed by atoms with Crippen molar-refractivity contribution in [2.24, 2.45) is 0 Å². The topological polar surface area (TPSA) is 94.5 Å². The van der Waals surface area contributed by atoms with E-state index in [1.807, 2.05) is 12.1 Å². The molecule has 34 heavy (non-hydrogen) atoms. The Morgan fingerprint density at radius 1 is 0.882 bits per heavy atom. The first-order valence-corrected chi connectivity index (χ1v) is 11.0. The van der Waals surface area contributed by atoms with E-state index in [-0.39, 0.29) is 25.5 Å². The summed E-state index contributed by atoms with van der Waals surface area (Å²) in [6, 6.07) is 17.3. The first kappa shape index (κ1) is 20.6. The molecule has 0 spiro atoms. The van der Waals surface area contributed by atoms with Crippen LogP contribution in [0.25, 0.3) is 0 Å². The van der Waals surface area contributed by atoms with E-state index in [1.54, 1.807) is 48.5 Å². The molecule has 0 saturated carbocycles. The van der Waals surface area contributed by atoms with Gasteiger partial charge in [-0.25, -0.2) is 0 Å². The first-order valence-electron chi connectivity index (χ1n) is 11.0. The van der Waals surface area contributed by atoms with Crippen LogP contribution in [0.3, 0.4) is 0 Å². The molecule has 3 aliphatic rings. The van der Waals surface area contributed by atoms with Crippen LogP contribution >= 0.6 is 0 Å². The molecular formula is C26H21NO7. The molecule has 3 aliphatic heterocycles. The Hall–Kier alpha value is -4.04. The molecule has 3 aromatic rings. The van der Waals surface area contributed by atoms with E-state index >= 15 is 0 Å².